The normalized spacial score (nSPS) is 10.6. The number of nitro groups is 1. The summed E-state index contributed by atoms with van der Waals surface area (Å²) in [5, 5.41) is 17.8. The average Bonchev–Trinajstić information content (AvgIpc) is 2.79. The van der Waals surface area contributed by atoms with Crippen LogP contribution in [-0.4, -0.2) is 21.2 Å². The van der Waals surface area contributed by atoms with Gasteiger partial charge in [0, 0.05) is 26.2 Å². The van der Waals surface area contributed by atoms with E-state index in [1.54, 1.807) is 4.68 Å². The zero-order valence-electron chi connectivity index (χ0n) is 10.6. The van der Waals surface area contributed by atoms with E-state index in [0.29, 0.717) is 13.0 Å². The largest absolute Gasteiger partial charge is 0.379 e. The van der Waals surface area contributed by atoms with Crippen molar-refractivity contribution in [3.63, 3.8) is 0 Å². The minimum Gasteiger partial charge on any atom is -0.379 e. The van der Waals surface area contributed by atoms with Gasteiger partial charge in [0.25, 0.3) is 5.69 Å². The van der Waals surface area contributed by atoms with E-state index in [1.165, 1.54) is 6.07 Å². The topological polar surface area (TPSA) is 73.0 Å². The molecule has 1 N–H and O–H groups in total. The lowest BCUT2D eigenvalue weighted by Crippen LogP contribution is -2.08. The lowest BCUT2D eigenvalue weighted by molar-refractivity contribution is -0.384. The van der Waals surface area contributed by atoms with Crippen molar-refractivity contribution in [1.82, 2.24) is 9.78 Å². The zero-order chi connectivity index (χ0) is 14.7. The van der Waals surface area contributed by atoms with Gasteiger partial charge in [0.05, 0.1) is 21.7 Å². The molecule has 106 valence electrons. The lowest BCUT2D eigenvalue weighted by Gasteiger charge is -2.07. The van der Waals surface area contributed by atoms with Crippen LogP contribution < -0.4 is 5.32 Å². The summed E-state index contributed by atoms with van der Waals surface area (Å²) in [4.78, 5) is 10.2. The Morgan fingerprint density at radius 1 is 1.55 bits per heavy atom. The Bertz CT molecular complexity index is 644. The third kappa shape index (κ3) is 3.24. The monoisotopic (exact) mass is 298 g/mol. The van der Waals surface area contributed by atoms with E-state index < -0.39 is 10.7 Å². The number of nitrogens with zero attached hydrogens (tertiary/aromatic N) is 3. The van der Waals surface area contributed by atoms with Gasteiger partial charge in [-0.2, -0.15) is 5.10 Å². The lowest BCUT2D eigenvalue weighted by atomic mass is 10.2. The Morgan fingerprint density at radius 2 is 2.30 bits per heavy atom. The van der Waals surface area contributed by atoms with Gasteiger partial charge >= 0.3 is 0 Å². The van der Waals surface area contributed by atoms with E-state index in [4.69, 9.17) is 11.6 Å². The van der Waals surface area contributed by atoms with Crippen molar-refractivity contribution in [3.05, 3.63) is 51.0 Å². The van der Waals surface area contributed by atoms with E-state index in [1.807, 2.05) is 19.3 Å². The molecular weight excluding hydrogens is 287 g/mol. The van der Waals surface area contributed by atoms with Crippen LogP contribution >= 0.6 is 11.6 Å². The highest BCUT2D eigenvalue weighted by Crippen LogP contribution is 2.30. The van der Waals surface area contributed by atoms with Crippen molar-refractivity contribution in [3.8, 4) is 0 Å². The van der Waals surface area contributed by atoms with Crippen LogP contribution in [0.5, 0.6) is 0 Å². The third-order valence-corrected chi connectivity index (χ3v) is 2.99. The molecule has 0 saturated carbocycles. The maximum absolute atomic E-state index is 13.2. The average molecular weight is 299 g/mol. The van der Waals surface area contributed by atoms with E-state index >= 15 is 0 Å². The molecule has 1 heterocycles. The van der Waals surface area contributed by atoms with Crippen LogP contribution in [0.1, 0.15) is 5.69 Å². The zero-order valence-corrected chi connectivity index (χ0v) is 11.4. The molecule has 0 radical (unpaired) electrons. The summed E-state index contributed by atoms with van der Waals surface area (Å²) in [7, 11) is 1.81. The van der Waals surface area contributed by atoms with Gasteiger partial charge in [0.2, 0.25) is 0 Å². The number of anilines is 1. The van der Waals surface area contributed by atoms with Gasteiger partial charge in [-0.15, -0.1) is 0 Å². The first-order valence-electron chi connectivity index (χ1n) is 5.83. The van der Waals surface area contributed by atoms with Crippen LogP contribution in [0.2, 0.25) is 5.02 Å². The number of nitro benzene ring substituents is 1. The quantitative estimate of drug-likeness (QED) is 0.680. The Labute approximate surface area is 119 Å². The highest BCUT2D eigenvalue weighted by Gasteiger charge is 2.17. The van der Waals surface area contributed by atoms with Crippen LogP contribution in [0.15, 0.2) is 24.4 Å². The molecule has 0 aliphatic rings. The number of aryl methyl sites for hydroxylation is 1. The summed E-state index contributed by atoms with van der Waals surface area (Å²) in [6.07, 6.45) is 2.40. The first-order valence-corrected chi connectivity index (χ1v) is 6.21. The predicted molar refractivity (Wildman–Crippen MR) is 73.5 cm³/mol. The Morgan fingerprint density at radius 3 is 2.90 bits per heavy atom. The number of halogens is 2. The summed E-state index contributed by atoms with van der Waals surface area (Å²) in [5.74, 6) is -0.811. The van der Waals surface area contributed by atoms with Crippen molar-refractivity contribution >= 4 is 23.0 Å². The molecule has 2 rings (SSSR count). The van der Waals surface area contributed by atoms with Crippen LogP contribution in [0.25, 0.3) is 0 Å². The summed E-state index contributed by atoms with van der Waals surface area (Å²) < 4.78 is 14.9. The second kappa shape index (κ2) is 5.87. The molecular formula is C12H12ClFN4O2. The number of nitrogens with one attached hydrogen (secondary N) is 1. The molecule has 20 heavy (non-hydrogen) atoms. The number of hydrogen-bond donors (Lipinski definition) is 1. The van der Waals surface area contributed by atoms with Crippen LogP contribution in [0, 0.1) is 15.9 Å². The summed E-state index contributed by atoms with van der Waals surface area (Å²) in [6, 6.07) is 3.88. The molecule has 0 saturated heterocycles. The van der Waals surface area contributed by atoms with Crippen LogP contribution in [0.3, 0.4) is 0 Å². The molecule has 0 unspecified atom stereocenters. The first kappa shape index (κ1) is 14.3. The Hall–Kier alpha value is -2.15. The number of hydrogen-bond acceptors (Lipinski definition) is 4. The van der Waals surface area contributed by atoms with Crippen molar-refractivity contribution in [2.24, 2.45) is 7.05 Å². The molecule has 2 aromatic rings. The third-order valence-electron chi connectivity index (χ3n) is 2.70. The molecule has 0 atom stereocenters. The summed E-state index contributed by atoms with van der Waals surface area (Å²) in [5.41, 5.74) is 0.709. The maximum Gasteiger partial charge on any atom is 0.295 e. The van der Waals surface area contributed by atoms with Gasteiger partial charge in [-0.25, -0.2) is 4.39 Å². The summed E-state index contributed by atoms with van der Waals surface area (Å²) >= 11 is 5.64. The molecule has 1 aromatic heterocycles. The highest BCUT2D eigenvalue weighted by atomic mass is 35.5. The van der Waals surface area contributed by atoms with E-state index in [2.05, 4.69) is 10.4 Å². The van der Waals surface area contributed by atoms with Gasteiger partial charge in [-0.05, 0) is 12.1 Å². The van der Waals surface area contributed by atoms with Crippen molar-refractivity contribution in [2.45, 2.75) is 6.42 Å². The SMILES string of the molecule is Cn1ccc(CCNc2cc(Cl)c(F)cc2[N+](=O)[O-])n1. The fourth-order valence-corrected chi connectivity index (χ4v) is 1.91. The van der Waals surface area contributed by atoms with E-state index in [0.717, 1.165) is 11.8 Å². The number of benzene rings is 1. The van der Waals surface area contributed by atoms with Crippen LogP contribution in [0.4, 0.5) is 15.8 Å². The summed E-state index contributed by atoms with van der Waals surface area (Å²) in [6.45, 7) is 0.430. The highest BCUT2D eigenvalue weighted by molar-refractivity contribution is 6.31. The molecule has 8 heteroatoms. The molecule has 0 amide bonds. The molecule has 1 aromatic carbocycles. The smallest absolute Gasteiger partial charge is 0.295 e. The number of rotatable bonds is 5. The minimum atomic E-state index is -0.811. The second-order valence-electron chi connectivity index (χ2n) is 4.20. The van der Waals surface area contributed by atoms with Gasteiger partial charge < -0.3 is 5.32 Å². The second-order valence-corrected chi connectivity index (χ2v) is 4.61. The van der Waals surface area contributed by atoms with Crippen molar-refractivity contribution in [2.75, 3.05) is 11.9 Å². The van der Waals surface area contributed by atoms with Crippen molar-refractivity contribution in [1.29, 1.82) is 0 Å². The molecule has 0 aliphatic carbocycles. The first-order chi connectivity index (χ1) is 9.47. The van der Waals surface area contributed by atoms with Crippen molar-refractivity contribution < 1.29 is 9.31 Å². The number of aromatic nitrogens is 2. The Balaban J connectivity index is 2.08. The molecule has 0 fully saturated rings. The predicted octanol–water partition coefficient (Wildman–Crippen LogP) is 2.78. The maximum atomic E-state index is 13.2. The fourth-order valence-electron chi connectivity index (χ4n) is 1.75. The minimum absolute atomic E-state index is 0.157. The molecule has 0 spiro atoms. The van der Waals surface area contributed by atoms with Gasteiger partial charge in [-0.1, -0.05) is 11.6 Å². The standard InChI is InChI=1S/C12H12ClFN4O2/c1-17-5-3-8(16-17)2-4-15-11-6-9(13)10(14)7-12(11)18(19)20/h3,5-7,15H,2,4H2,1H3. The fraction of sp³-hybridized carbons (Fsp3) is 0.250. The molecule has 0 bridgehead atoms. The Kier molecular flexibility index (Phi) is 4.19. The van der Waals surface area contributed by atoms with E-state index in [9.17, 15) is 14.5 Å². The molecule has 0 aliphatic heterocycles. The van der Waals surface area contributed by atoms with Crippen LogP contribution in [-0.2, 0) is 13.5 Å². The van der Waals surface area contributed by atoms with E-state index in [-0.39, 0.29) is 16.4 Å². The van der Waals surface area contributed by atoms with Gasteiger partial charge in [0.15, 0.2) is 0 Å². The molecule has 6 nitrogen and oxygen atoms in total. The van der Waals surface area contributed by atoms with Gasteiger partial charge in [-0.3, -0.25) is 14.8 Å². The van der Waals surface area contributed by atoms with Gasteiger partial charge in [0.1, 0.15) is 11.5 Å².